The van der Waals surface area contributed by atoms with Crippen molar-refractivity contribution >= 4 is 11.1 Å². The number of oxazole rings is 1. The number of aromatic nitrogens is 1. The Morgan fingerprint density at radius 2 is 2.42 bits per heavy atom. The summed E-state index contributed by atoms with van der Waals surface area (Å²) < 4.78 is 5.12. The molecule has 2 atom stereocenters. The minimum absolute atomic E-state index is 0.278. The van der Waals surface area contributed by atoms with Crippen molar-refractivity contribution in [2.24, 2.45) is 0 Å². The van der Waals surface area contributed by atoms with E-state index in [0.717, 1.165) is 24.0 Å². The molecule has 5 heteroatoms. The molecule has 2 aromatic rings. The summed E-state index contributed by atoms with van der Waals surface area (Å²) in [5.74, 6) is -0.398. The molecule has 3 rings (SSSR count). The maximum absolute atomic E-state index is 11.2. The van der Waals surface area contributed by atoms with Gasteiger partial charge in [-0.05, 0) is 50.6 Å². The highest BCUT2D eigenvalue weighted by Gasteiger charge is 2.20. The average Bonchev–Trinajstić information content (AvgIpc) is 3.02. The quantitative estimate of drug-likeness (QED) is 0.780. The van der Waals surface area contributed by atoms with Gasteiger partial charge in [-0.25, -0.2) is 4.79 Å². The van der Waals surface area contributed by atoms with Crippen LogP contribution in [0.15, 0.2) is 27.4 Å². The Hall–Kier alpha value is -1.59. The summed E-state index contributed by atoms with van der Waals surface area (Å²) in [6.45, 7) is 1.12. The molecule has 1 aromatic heterocycles. The maximum Gasteiger partial charge on any atom is 0.417 e. The lowest BCUT2D eigenvalue weighted by atomic mass is 9.98. The number of aromatic amines is 1. The Labute approximate surface area is 111 Å². The number of rotatable bonds is 4. The van der Waals surface area contributed by atoms with E-state index >= 15 is 0 Å². The lowest BCUT2D eigenvalue weighted by Crippen LogP contribution is -2.28. The molecule has 1 aliphatic heterocycles. The van der Waals surface area contributed by atoms with Crippen LogP contribution in [0.1, 0.15) is 30.9 Å². The molecule has 1 aliphatic rings. The zero-order valence-corrected chi connectivity index (χ0v) is 11.0. The van der Waals surface area contributed by atoms with Crippen LogP contribution in [-0.4, -0.2) is 24.6 Å². The summed E-state index contributed by atoms with van der Waals surface area (Å²) in [5.41, 5.74) is 2.54. The summed E-state index contributed by atoms with van der Waals surface area (Å²) in [7, 11) is 1.97. The van der Waals surface area contributed by atoms with Gasteiger partial charge < -0.3 is 15.1 Å². The lowest BCUT2D eigenvalue weighted by molar-refractivity contribution is 0.453. The van der Waals surface area contributed by atoms with E-state index in [9.17, 15) is 4.79 Å². The zero-order chi connectivity index (χ0) is 13.2. The van der Waals surface area contributed by atoms with Crippen molar-refractivity contribution in [3.63, 3.8) is 0 Å². The van der Waals surface area contributed by atoms with Gasteiger partial charge in [0, 0.05) is 12.1 Å². The minimum atomic E-state index is -0.398. The maximum atomic E-state index is 11.2. The minimum Gasteiger partial charge on any atom is -0.408 e. The van der Waals surface area contributed by atoms with E-state index in [4.69, 9.17) is 4.42 Å². The second kappa shape index (κ2) is 5.19. The summed E-state index contributed by atoms with van der Waals surface area (Å²) >= 11 is 0. The molecule has 3 N–H and O–H groups in total. The van der Waals surface area contributed by atoms with Crippen molar-refractivity contribution in [2.45, 2.75) is 31.3 Å². The number of fused-ring (bicyclic) bond motifs is 1. The van der Waals surface area contributed by atoms with Crippen molar-refractivity contribution in [3.8, 4) is 0 Å². The number of hydrogen-bond acceptors (Lipinski definition) is 4. The zero-order valence-electron chi connectivity index (χ0n) is 11.0. The molecule has 0 saturated carbocycles. The van der Waals surface area contributed by atoms with Gasteiger partial charge in [0.25, 0.3) is 0 Å². The first-order valence-corrected chi connectivity index (χ1v) is 6.79. The van der Waals surface area contributed by atoms with E-state index in [0.29, 0.717) is 11.6 Å². The monoisotopic (exact) mass is 261 g/mol. The fourth-order valence-corrected chi connectivity index (χ4v) is 2.84. The first-order valence-electron chi connectivity index (χ1n) is 6.79. The van der Waals surface area contributed by atoms with Crippen molar-refractivity contribution in [3.05, 3.63) is 34.3 Å². The third-order valence-electron chi connectivity index (χ3n) is 3.88. The normalized spacial score (nSPS) is 21.0. The third-order valence-corrected chi connectivity index (χ3v) is 3.88. The Morgan fingerprint density at radius 3 is 3.16 bits per heavy atom. The van der Waals surface area contributed by atoms with Crippen LogP contribution in [0.2, 0.25) is 0 Å². The summed E-state index contributed by atoms with van der Waals surface area (Å²) in [5, 5.41) is 6.86. The van der Waals surface area contributed by atoms with Crippen LogP contribution in [0.4, 0.5) is 0 Å². The average molecular weight is 261 g/mol. The van der Waals surface area contributed by atoms with E-state index in [1.165, 1.54) is 12.8 Å². The predicted molar refractivity (Wildman–Crippen MR) is 74.3 cm³/mol. The van der Waals surface area contributed by atoms with Crippen molar-refractivity contribution in [1.29, 1.82) is 0 Å². The molecule has 2 heterocycles. The largest absolute Gasteiger partial charge is 0.417 e. The van der Waals surface area contributed by atoms with Gasteiger partial charge in [-0.3, -0.25) is 4.98 Å². The molecule has 0 bridgehead atoms. The summed E-state index contributed by atoms with van der Waals surface area (Å²) in [6.07, 6.45) is 3.54. The van der Waals surface area contributed by atoms with Gasteiger partial charge in [0.15, 0.2) is 5.58 Å². The smallest absolute Gasteiger partial charge is 0.408 e. The molecule has 0 radical (unpaired) electrons. The topological polar surface area (TPSA) is 70.1 Å². The van der Waals surface area contributed by atoms with Gasteiger partial charge in [-0.2, -0.15) is 0 Å². The van der Waals surface area contributed by atoms with Crippen LogP contribution in [-0.2, 0) is 0 Å². The van der Waals surface area contributed by atoms with Gasteiger partial charge in [0.1, 0.15) is 0 Å². The van der Waals surface area contributed by atoms with Gasteiger partial charge >= 0.3 is 5.76 Å². The van der Waals surface area contributed by atoms with Gasteiger partial charge in [-0.1, -0.05) is 6.07 Å². The van der Waals surface area contributed by atoms with Crippen molar-refractivity contribution < 1.29 is 4.42 Å². The van der Waals surface area contributed by atoms with Gasteiger partial charge in [-0.15, -0.1) is 0 Å². The first kappa shape index (κ1) is 12.4. The van der Waals surface area contributed by atoms with Crippen molar-refractivity contribution in [2.75, 3.05) is 13.6 Å². The van der Waals surface area contributed by atoms with Gasteiger partial charge in [0.05, 0.1) is 5.52 Å². The molecule has 1 saturated heterocycles. The summed E-state index contributed by atoms with van der Waals surface area (Å²) in [4.78, 5) is 13.8. The molecule has 0 aliphatic carbocycles. The Kier molecular flexibility index (Phi) is 3.40. The van der Waals surface area contributed by atoms with Crippen molar-refractivity contribution in [1.82, 2.24) is 15.6 Å². The number of H-pyrrole nitrogens is 1. The highest BCUT2D eigenvalue weighted by molar-refractivity contribution is 5.72. The SMILES string of the molecule is CNC(CC1CCCN1)c1ccc2[nH]c(=O)oc2c1. The molecule has 1 fully saturated rings. The molecule has 0 amide bonds. The van der Waals surface area contributed by atoms with Crippen LogP contribution in [0, 0.1) is 0 Å². The van der Waals surface area contributed by atoms with Crippen LogP contribution >= 0.6 is 0 Å². The Bertz CT molecular complexity index is 610. The number of nitrogens with one attached hydrogen (secondary N) is 3. The first-order chi connectivity index (χ1) is 9.26. The van der Waals surface area contributed by atoms with Crippen LogP contribution < -0.4 is 16.4 Å². The Morgan fingerprint density at radius 1 is 1.53 bits per heavy atom. The highest BCUT2D eigenvalue weighted by Crippen LogP contribution is 2.24. The molecule has 5 nitrogen and oxygen atoms in total. The number of hydrogen-bond donors (Lipinski definition) is 3. The predicted octanol–water partition coefficient (Wildman–Crippen LogP) is 1.52. The third kappa shape index (κ3) is 2.57. The molecule has 19 heavy (non-hydrogen) atoms. The van der Waals surface area contributed by atoms with Crippen LogP contribution in [0.3, 0.4) is 0 Å². The number of benzene rings is 1. The molecular formula is C14H19N3O2. The second-order valence-corrected chi connectivity index (χ2v) is 5.14. The standard InChI is InChI=1S/C14H19N3O2/c1-15-12(8-10-3-2-6-16-10)9-4-5-11-13(7-9)19-14(18)17-11/h4-5,7,10,12,15-16H,2-3,6,8H2,1H3,(H,17,18). The fourth-order valence-electron chi connectivity index (χ4n) is 2.84. The van der Waals surface area contributed by atoms with Crippen LogP contribution in [0.25, 0.3) is 11.1 Å². The van der Waals surface area contributed by atoms with E-state index in [1.54, 1.807) is 0 Å². The van der Waals surface area contributed by atoms with E-state index in [-0.39, 0.29) is 6.04 Å². The molecule has 1 aromatic carbocycles. The highest BCUT2D eigenvalue weighted by atomic mass is 16.4. The van der Waals surface area contributed by atoms with Crippen LogP contribution in [0.5, 0.6) is 0 Å². The van der Waals surface area contributed by atoms with E-state index < -0.39 is 5.76 Å². The van der Waals surface area contributed by atoms with E-state index in [2.05, 4.69) is 15.6 Å². The lowest BCUT2D eigenvalue weighted by Gasteiger charge is -2.20. The Balaban J connectivity index is 1.84. The van der Waals surface area contributed by atoms with Gasteiger partial charge in [0.2, 0.25) is 0 Å². The van der Waals surface area contributed by atoms with E-state index in [1.807, 2.05) is 25.2 Å². The fraction of sp³-hybridized carbons (Fsp3) is 0.500. The summed E-state index contributed by atoms with van der Waals surface area (Å²) in [6, 6.07) is 6.75. The second-order valence-electron chi connectivity index (χ2n) is 5.14. The molecular weight excluding hydrogens is 242 g/mol. The molecule has 102 valence electrons. The molecule has 0 spiro atoms. The molecule has 2 unspecified atom stereocenters.